The Labute approximate surface area is 346 Å². The summed E-state index contributed by atoms with van der Waals surface area (Å²) in [4.78, 5) is 11.0. The predicted octanol–water partition coefficient (Wildman–Crippen LogP) is 13.6. The van der Waals surface area contributed by atoms with Crippen LogP contribution in [0.15, 0.2) is 206 Å². The molecule has 1 aliphatic heterocycles. The van der Waals surface area contributed by atoms with Crippen LogP contribution in [-0.2, 0) is 0 Å². The van der Waals surface area contributed by atoms with Crippen LogP contribution in [0.3, 0.4) is 0 Å². The molecule has 1 aliphatic rings. The fourth-order valence-corrected chi connectivity index (χ4v) is 12.6. The zero-order valence-electron chi connectivity index (χ0n) is 33.0. The molecule has 0 saturated carbocycles. The molecule has 0 aliphatic carbocycles. The third-order valence-corrected chi connectivity index (χ3v) is 15.5. The van der Waals surface area contributed by atoms with Crippen molar-refractivity contribution in [2.45, 2.75) is 13.1 Å². The highest BCUT2D eigenvalue weighted by atomic mass is 28.3. The molecule has 0 bridgehead atoms. The Bertz CT molecular complexity index is 3170. The second-order valence-electron chi connectivity index (χ2n) is 16.1. The summed E-state index contributed by atoms with van der Waals surface area (Å²) in [5, 5.41) is 7.85. The normalized spacial score (nSPS) is 12.7. The van der Waals surface area contributed by atoms with E-state index in [4.69, 9.17) is 9.97 Å². The van der Waals surface area contributed by atoms with E-state index < -0.39 is 8.07 Å². The number of hydrogen-bond donors (Lipinski definition) is 0. The lowest BCUT2D eigenvalue weighted by Crippen LogP contribution is -2.51. The molecule has 1 aromatic heterocycles. The van der Waals surface area contributed by atoms with Crippen LogP contribution < -0.4 is 10.5 Å². The van der Waals surface area contributed by atoms with Crippen molar-refractivity contribution in [3.8, 4) is 78.3 Å². The first-order chi connectivity index (χ1) is 29.0. The molecular formula is C56H40N2Si. The number of fused-ring (bicyclic) bond motifs is 8. The summed E-state index contributed by atoms with van der Waals surface area (Å²) in [6, 6.07) is 74.6. The van der Waals surface area contributed by atoms with Crippen LogP contribution in [0.1, 0.15) is 0 Å². The summed E-state index contributed by atoms with van der Waals surface area (Å²) in [7, 11) is -2.32. The van der Waals surface area contributed by atoms with Crippen molar-refractivity contribution in [2.75, 3.05) is 0 Å². The van der Waals surface area contributed by atoms with Crippen LogP contribution in [0.5, 0.6) is 0 Å². The molecule has 278 valence electrons. The molecule has 2 heterocycles. The molecule has 9 aromatic carbocycles. The molecule has 0 amide bonds. The Balaban J connectivity index is 1.10. The minimum Gasteiger partial charge on any atom is -0.237 e. The van der Waals surface area contributed by atoms with Crippen LogP contribution in [0.4, 0.5) is 0 Å². The number of nitrogens with zero attached hydrogens (tertiary/aromatic N) is 2. The maximum atomic E-state index is 5.53. The van der Waals surface area contributed by atoms with Crippen molar-refractivity contribution in [1.29, 1.82) is 0 Å². The third kappa shape index (κ3) is 5.93. The van der Waals surface area contributed by atoms with Gasteiger partial charge in [-0.05, 0) is 107 Å². The Hall–Kier alpha value is -7.20. The van der Waals surface area contributed by atoms with Crippen molar-refractivity contribution in [1.82, 2.24) is 9.97 Å². The predicted molar refractivity (Wildman–Crippen MR) is 252 cm³/mol. The Morgan fingerprint density at radius 1 is 0.305 bits per heavy atom. The summed E-state index contributed by atoms with van der Waals surface area (Å²) < 4.78 is 0. The van der Waals surface area contributed by atoms with Gasteiger partial charge >= 0.3 is 0 Å². The summed E-state index contributed by atoms with van der Waals surface area (Å²) in [6.07, 6.45) is 0. The van der Waals surface area contributed by atoms with E-state index in [-0.39, 0.29) is 0 Å². The first-order valence-corrected chi connectivity index (χ1v) is 23.4. The van der Waals surface area contributed by atoms with Crippen molar-refractivity contribution >= 4 is 40.1 Å². The standard InChI is InChI=1S/C56H40N2Si/c1-59(2)54-50-31-15-13-29-48(50)47-28-12-14-30-49(47)51(54)52-53(57-55(58-56(52)59)39-22-10-5-11-23-39)43-27-17-25-41(33-43)40-24-16-26-42(32-40)46-35-44(37-18-6-3-7-19-37)34-45(36-46)38-20-8-4-9-21-38/h3-36H,1-2H3. The smallest absolute Gasteiger partial charge is 0.159 e. The maximum absolute atomic E-state index is 5.53. The van der Waals surface area contributed by atoms with Gasteiger partial charge in [0.15, 0.2) is 5.82 Å². The van der Waals surface area contributed by atoms with Gasteiger partial charge < -0.3 is 0 Å². The summed E-state index contributed by atoms with van der Waals surface area (Å²) >= 11 is 0. The topological polar surface area (TPSA) is 25.8 Å². The molecule has 0 unspecified atom stereocenters. The highest BCUT2D eigenvalue weighted by molar-refractivity contribution is 7.05. The Morgan fingerprint density at radius 2 is 0.695 bits per heavy atom. The van der Waals surface area contributed by atoms with E-state index in [0.717, 1.165) is 33.8 Å². The van der Waals surface area contributed by atoms with Gasteiger partial charge in [-0.1, -0.05) is 189 Å². The largest absolute Gasteiger partial charge is 0.237 e. The zero-order chi connectivity index (χ0) is 39.5. The molecule has 59 heavy (non-hydrogen) atoms. The first-order valence-electron chi connectivity index (χ1n) is 20.4. The summed E-state index contributed by atoms with van der Waals surface area (Å²) in [5.74, 6) is 0.779. The number of rotatable bonds is 6. The van der Waals surface area contributed by atoms with Crippen molar-refractivity contribution in [3.05, 3.63) is 206 Å². The van der Waals surface area contributed by atoms with Gasteiger partial charge in [0, 0.05) is 22.0 Å². The van der Waals surface area contributed by atoms with E-state index in [1.54, 1.807) is 0 Å². The summed E-state index contributed by atoms with van der Waals surface area (Å²) in [5.41, 5.74) is 15.1. The van der Waals surface area contributed by atoms with Gasteiger partial charge in [-0.2, -0.15) is 0 Å². The fourth-order valence-electron chi connectivity index (χ4n) is 9.36. The molecule has 10 aromatic rings. The van der Waals surface area contributed by atoms with Gasteiger partial charge in [-0.25, -0.2) is 9.97 Å². The molecule has 0 spiro atoms. The second kappa shape index (κ2) is 14.0. The second-order valence-corrected chi connectivity index (χ2v) is 20.4. The molecular weight excluding hydrogens is 729 g/mol. The molecule has 0 N–H and O–H groups in total. The number of hydrogen-bond acceptors (Lipinski definition) is 2. The van der Waals surface area contributed by atoms with E-state index in [1.165, 1.54) is 76.6 Å². The lowest BCUT2D eigenvalue weighted by Gasteiger charge is -2.21. The van der Waals surface area contributed by atoms with E-state index in [0.29, 0.717) is 0 Å². The first kappa shape index (κ1) is 35.0. The number of aromatic nitrogens is 2. The van der Waals surface area contributed by atoms with Crippen molar-refractivity contribution in [2.24, 2.45) is 0 Å². The average Bonchev–Trinajstić information content (AvgIpc) is 3.56. The number of benzene rings is 9. The monoisotopic (exact) mass is 768 g/mol. The minimum atomic E-state index is -2.32. The van der Waals surface area contributed by atoms with Crippen molar-refractivity contribution < 1.29 is 0 Å². The van der Waals surface area contributed by atoms with E-state index >= 15 is 0 Å². The van der Waals surface area contributed by atoms with Gasteiger partial charge in [-0.15, -0.1) is 0 Å². The van der Waals surface area contributed by atoms with Gasteiger partial charge in [0.1, 0.15) is 8.07 Å². The molecule has 11 rings (SSSR count). The zero-order valence-corrected chi connectivity index (χ0v) is 34.0. The minimum absolute atomic E-state index is 0.779. The van der Waals surface area contributed by atoms with Gasteiger partial charge in [0.2, 0.25) is 0 Å². The van der Waals surface area contributed by atoms with E-state index in [2.05, 4.69) is 219 Å². The SMILES string of the molecule is C[Si]1(C)c2nc(-c3ccccc3)nc(-c3cccc(-c4cccc(-c5cc(-c6ccccc6)cc(-c6ccccc6)c5)c4)c3)c2-c2c1c1ccccc1c1ccccc21. The Kier molecular flexibility index (Phi) is 8.31. The van der Waals surface area contributed by atoms with Crippen LogP contribution in [0, 0.1) is 0 Å². The molecule has 3 heteroatoms. The maximum Gasteiger partial charge on any atom is 0.159 e. The van der Waals surface area contributed by atoms with Crippen LogP contribution >= 0.6 is 0 Å². The Morgan fingerprint density at radius 3 is 1.27 bits per heavy atom. The third-order valence-electron chi connectivity index (χ3n) is 12.2. The molecule has 0 fully saturated rings. The lowest BCUT2D eigenvalue weighted by molar-refractivity contribution is 1.21. The quantitative estimate of drug-likeness (QED) is 0.124. The van der Waals surface area contributed by atoms with E-state index in [9.17, 15) is 0 Å². The van der Waals surface area contributed by atoms with Gasteiger partial charge in [-0.3, -0.25) is 0 Å². The van der Waals surface area contributed by atoms with Crippen molar-refractivity contribution in [3.63, 3.8) is 0 Å². The van der Waals surface area contributed by atoms with Crippen LogP contribution in [0.2, 0.25) is 13.1 Å². The molecule has 0 radical (unpaired) electrons. The van der Waals surface area contributed by atoms with Gasteiger partial charge in [0.25, 0.3) is 0 Å². The summed E-state index contributed by atoms with van der Waals surface area (Å²) in [6.45, 7) is 4.95. The average molecular weight is 769 g/mol. The molecule has 0 atom stereocenters. The van der Waals surface area contributed by atoms with E-state index in [1.807, 2.05) is 0 Å². The fraction of sp³-hybridized carbons (Fsp3) is 0.0357. The lowest BCUT2D eigenvalue weighted by atomic mass is 9.90. The highest BCUT2D eigenvalue weighted by Crippen LogP contribution is 2.44. The highest BCUT2D eigenvalue weighted by Gasteiger charge is 2.44. The molecule has 2 nitrogen and oxygen atoms in total. The van der Waals surface area contributed by atoms with Crippen LogP contribution in [0.25, 0.3) is 99.8 Å². The van der Waals surface area contributed by atoms with Crippen LogP contribution in [-0.4, -0.2) is 18.0 Å². The molecule has 0 saturated heterocycles. The van der Waals surface area contributed by atoms with Gasteiger partial charge in [0.05, 0.1) is 5.69 Å².